The van der Waals surface area contributed by atoms with Crippen molar-refractivity contribution in [1.29, 1.82) is 0 Å². The maximum atomic E-state index is 11.7. The summed E-state index contributed by atoms with van der Waals surface area (Å²) in [7, 11) is 0. The lowest BCUT2D eigenvalue weighted by molar-refractivity contribution is 0.0953. The van der Waals surface area contributed by atoms with Crippen LogP contribution in [0.2, 0.25) is 10.0 Å². The van der Waals surface area contributed by atoms with Crippen LogP contribution in [0, 0.1) is 0 Å². The molecule has 0 fully saturated rings. The fourth-order valence-electron chi connectivity index (χ4n) is 1.26. The summed E-state index contributed by atoms with van der Waals surface area (Å²) in [6.45, 7) is 1.25. The minimum absolute atomic E-state index is 0.165. The molecule has 0 unspecified atom stereocenters. The van der Waals surface area contributed by atoms with E-state index in [4.69, 9.17) is 28.9 Å². The fraction of sp³-hybridized carbons (Fsp3) is 0.364. The van der Waals surface area contributed by atoms with Gasteiger partial charge in [-0.3, -0.25) is 4.79 Å². The van der Waals surface area contributed by atoms with Gasteiger partial charge in [-0.25, -0.2) is 0 Å². The van der Waals surface area contributed by atoms with Gasteiger partial charge in [-0.15, -0.1) is 0 Å². The first-order valence-corrected chi connectivity index (χ1v) is 5.83. The smallest absolute Gasteiger partial charge is 0.251 e. The van der Waals surface area contributed by atoms with Gasteiger partial charge in [-0.05, 0) is 37.6 Å². The van der Waals surface area contributed by atoms with Gasteiger partial charge in [-0.1, -0.05) is 23.2 Å². The number of carbonyl (C=O) groups is 1. The van der Waals surface area contributed by atoms with Crippen molar-refractivity contribution in [2.45, 2.75) is 12.8 Å². The van der Waals surface area contributed by atoms with E-state index in [0.717, 1.165) is 12.8 Å². The van der Waals surface area contributed by atoms with E-state index in [-0.39, 0.29) is 5.91 Å². The van der Waals surface area contributed by atoms with Crippen LogP contribution in [-0.2, 0) is 0 Å². The van der Waals surface area contributed by atoms with Crippen LogP contribution in [0.3, 0.4) is 0 Å². The minimum Gasteiger partial charge on any atom is -0.352 e. The van der Waals surface area contributed by atoms with Gasteiger partial charge in [0.1, 0.15) is 0 Å². The number of hydrogen-bond donors (Lipinski definition) is 2. The van der Waals surface area contributed by atoms with Crippen molar-refractivity contribution in [2.75, 3.05) is 13.1 Å². The number of nitrogens with one attached hydrogen (secondary N) is 1. The third kappa shape index (κ3) is 4.39. The van der Waals surface area contributed by atoms with Crippen molar-refractivity contribution < 1.29 is 4.79 Å². The number of nitrogens with two attached hydrogens (primary N) is 1. The molecule has 1 aromatic carbocycles. The van der Waals surface area contributed by atoms with Crippen LogP contribution in [0.15, 0.2) is 18.2 Å². The highest BCUT2D eigenvalue weighted by Gasteiger charge is 2.06. The number of hydrogen-bond acceptors (Lipinski definition) is 2. The second kappa shape index (κ2) is 6.74. The standard InChI is InChI=1S/C11H14Cl2N2O/c12-9-5-8(6-10(13)7-9)11(16)15-4-2-1-3-14/h5-7H,1-4,14H2,(H,15,16). The van der Waals surface area contributed by atoms with Crippen LogP contribution in [0.1, 0.15) is 23.2 Å². The Hall–Kier alpha value is -0.770. The summed E-state index contributed by atoms with van der Waals surface area (Å²) in [6.07, 6.45) is 1.77. The van der Waals surface area contributed by atoms with E-state index in [1.54, 1.807) is 18.2 Å². The van der Waals surface area contributed by atoms with E-state index in [0.29, 0.717) is 28.7 Å². The summed E-state index contributed by atoms with van der Waals surface area (Å²) in [5, 5.41) is 3.69. The molecule has 0 saturated heterocycles. The van der Waals surface area contributed by atoms with Gasteiger partial charge in [0.2, 0.25) is 0 Å². The van der Waals surface area contributed by atoms with Crippen LogP contribution in [0.5, 0.6) is 0 Å². The zero-order chi connectivity index (χ0) is 12.0. The lowest BCUT2D eigenvalue weighted by Gasteiger charge is -2.05. The summed E-state index contributed by atoms with van der Waals surface area (Å²) in [5.74, 6) is -0.165. The van der Waals surface area contributed by atoms with E-state index in [2.05, 4.69) is 5.32 Å². The van der Waals surface area contributed by atoms with Gasteiger partial charge in [0.15, 0.2) is 0 Å². The van der Waals surface area contributed by atoms with E-state index < -0.39 is 0 Å². The molecule has 1 rings (SSSR count). The van der Waals surface area contributed by atoms with E-state index >= 15 is 0 Å². The third-order valence-electron chi connectivity index (χ3n) is 2.04. The van der Waals surface area contributed by atoms with Crippen LogP contribution in [0.4, 0.5) is 0 Å². The van der Waals surface area contributed by atoms with Crippen LogP contribution in [0.25, 0.3) is 0 Å². The van der Waals surface area contributed by atoms with Gasteiger partial charge in [0.05, 0.1) is 0 Å². The molecule has 0 heterocycles. The molecule has 5 heteroatoms. The van der Waals surface area contributed by atoms with E-state index in [1.165, 1.54) is 0 Å². The lowest BCUT2D eigenvalue weighted by Crippen LogP contribution is -2.24. The Morgan fingerprint density at radius 1 is 1.19 bits per heavy atom. The number of halogens is 2. The van der Waals surface area contributed by atoms with Crippen molar-refractivity contribution in [3.8, 4) is 0 Å². The number of rotatable bonds is 5. The average molecular weight is 261 g/mol. The van der Waals surface area contributed by atoms with Gasteiger partial charge in [-0.2, -0.15) is 0 Å². The number of benzene rings is 1. The minimum atomic E-state index is -0.165. The van der Waals surface area contributed by atoms with E-state index in [1.807, 2.05) is 0 Å². The molecule has 0 saturated carbocycles. The molecule has 0 bridgehead atoms. The molecule has 1 aromatic rings. The van der Waals surface area contributed by atoms with Crippen LogP contribution in [-0.4, -0.2) is 19.0 Å². The molecule has 88 valence electrons. The Morgan fingerprint density at radius 3 is 2.38 bits per heavy atom. The second-order valence-electron chi connectivity index (χ2n) is 3.41. The largest absolute Gasteiger partial charge is 0.352 e. The highest BCUT2D eigenvalue weighted by molar-refractivity contribution is 6.35. The van der Waals surface area contributed by atoms with Crippen LogP contribution >= 0.6 is 23.2 Å². The van der Waals surface area contributed by atoms with Crippen molar-refractivity contribution in [1.82, 2.24) is 5.32 Å². The second-order valence-corrected chi connectivity index (χ2v) is 4.28. The number of carbonyl (C=O) groups excluding carboxylic acids is 1. The first kappa shape index (κ1) is 13.3. The molecular formula is C11H14Cl2N2O. The molecule has 0 aliphatic carbocycles. The Bertz CT molecular complexity index is 349. The Morgan fingerprint density at radius 2 is 1.81 bits per heavy atom. The van der Waals surface area contributed by atoms with Gasteiger partial charge in [0.25, 0.3) is 5.91 Å². The first-order valence-electron chi connectivity index (χ1n) is 5.08. The summed E-state index contributed by atoms with van der Waals surface area (Å²) in [5.41, 5.74) is 5.83. The molecule has 3 N–H and O–H groups in total. The topological polar surface area (TPSA) is 55.1 Å². The normalized spacial score (nSPS) is 10.2. The molecule has 0 aliphatic heterocycles. The number of amides is 1. The molecule has 0 spiro atoms. The Labute approximate surface area is 105 Å². The lowest BCUT2D eigenvalue weighted by atomic mass is 10.2. The average Bonchev–Trinajstić information content (AvgIpc) is 2.22. The number of unbranched alkanes of at least 4 members (excludes halogenated alkanes) is 1. The van der Waals surface area contributed by atoms with Gasteiger partial charge < -0.3 is 11.1 Å². The van der Waals surface area contributed by atoms with E-state index in [9.17, 15) is 4.79 Å². The maximum Gasteiger partial charge on any atom is 0.251 e. The predicted octanol–water partition coefficient (Wildman–Crippen LogP) is 2.46. The van der Waals surface area contributed by atoms with Crippen molar-refractivity contribution in [3.05, 3.63) is 33.8 Å². The summed E-state index contributed by atoms with van der Waals surface area (Å²) in [6, 6.07) is 4.77. The molecule has 0 aliphatic rings. The highest BCUT2D eigenvalue weighted by Crippen LogP contribution is 2.18. The monoisotopic (exact) mass is 260 g/mol. The summed E-state index contributed by atoms with van der Waals surface area (Å²) < 4.78 is 0. The predicted molar refractivity (Wildman–Crippen MR) is 67.1 cm³/mol. The molecule has 16 heavy (non-hydrogen) atoms. The van der Waals surface area contributed by atoms with Gasteiger partial charge >= 0.3 is 0 Å². The molecule has 0 aromatic heterocycles. The Kier molecular flexibility index (Phi) is 5.60. The summed E-state index contributed by atoms with van der Waals surface area (Å²) in [4.78, 5) is 11.7. The van der Waals surface area contributed by atoms with Crippen molar-refractivity contribution in [3.63, 3.8) is 0 Å². The fourth-order valence-corrected chi connectivity index (χ4v) is 1.78. The summed E-state index contributed by atoms with van der Waals surface area (Å²) >= 11 is 11.6. The zero-order valence-corrected chi connectivity index (χ0v) is 10.3. The van der Waals surface area contributed by atoms with Crippen molar-refractivity contribution >= 4 is 29.1 Å². The SMILES string of the molecule is NCCCCNC(=O)c1cc(Cl)cc(Cl)c1. The van der Waals surface area contributed by atoms with Crippen LogP contribution < -0.4 is 11.1 Å². The maximum absolute atomic E-state index is 11.7. The molecule has 3 nitrogen and oxygen atoms in total. The zero-order valence-electron chi connectivity index (χ0n) is 8.80. The highest BCUT2D eigenvalue weighted by atomic mass is 35.5. The molecule has 0 atom stereocenters. The molecular weight excluding hydrogens is 247 g/mol. The Balaban J connectivity index is 2.52. The molecule has 0 radical (unpaired) electrons. The third-order valence-corrected chi connectivity index (χ3v) is 2.48. The van der Waals surface area contributed by atoms with Crippen molar-refractivity contribution in [2.24, 2.45) is 5.73 Å². The first-order chi connectivity index (χ1) is 7.63. The molecule has 1 amide bonds. The quantitative estimate of drug-likeness (QED) is 0.800. The van der Waals surface area contributed by atoms with Gasteiger partial charge in [0, 0.05) is 22.2 Å².